The number of sulfone groups is 1. The number of rotatable bonds is 7. The highest BCUT2D eigenvalue weighted by atomic mass is 32.2. The van der Waals surface area contributed by atoms with Crippen LogP contribution in [0.25, 0.3) is 0 Å². The van der Waals surface area contributed by atoms with E-state index in [1.54, 1.807) is 12.1 Å². The van der Waals surface area contributed by atoms with E-state index in [4.69, 9.17) is 9.47 Å². The van der Waals surface area contributed by atoms with Gasteiger partial charge in [-0.3, -0.25) is 4.79 Å². The van der Waals surface area contributed by atoms with Crippen LogP contribution >= 0.6 is 0 Å². The summed E-state index contributed by atoms with van der Waals surface area (Å²) in [7, 11) is -1.90. The SMILES string of the molecule is CC[C@H](OC)C(=O)Nc1ccc(S(=O)(=O)C[C@H]2CCCO2)cc1. The Morgan fingerprint density at radius 1 is 1.39 bits per heavy atom. The Bertz CT molecular complexity index is 616. The standard InChI is InChI=1S/C16H23NO5S/c1-3-15(21-2)16(18)17-12-6-8-14(9-7-12)23(19,20)11-13-5-4-10-22-13/h6-9,13,15H,3-5,10-11H2,1-2H3,(H,17,18)/t13-,15+/m1/s1. The summed E-state index contributed by atoms with van der Waals surface area (Å²) in [5, 5.41) is 2.71. The summed E-state index contributed by atoms with van der Waals surface area (Å²) in [6.07, 6.45) is 1.52. The van der Waals surface area contributed by atoms with E-state index in [-0.39, 0.29) is 22.7 Å². The molecule has 1 aliphatic heterocycles. The largest absolute Gasteiger partial charge is 0.377 e. The average Bonchev–Trinajstić information content (AvgIpc) is 3.01. The number of anilines is 1. The van der Waals surface area contributed by atoms with Crippen molar-refractivity contribution in [1.82, 2.24) is 0 Å². The van der Waals surface area contributed by atoms with Gasteiger partial charge in [0.25, 0.3) is 5.91 Å². The van der Waals surface area contributed by atoms with Crippen molar-refractivity contribution in [2.24, 2.45) is 0 Å². The first-order valence-electron chi connectivity index (χ1n) is 7.74. The number of hydrogen-bond donors (Lipinski definition) is 1. The van der Waals surface area contributed by atoms with E-state index in [1.165, 1.54) is 19.2 Å². The zero-order valence-corrected chi connectivity index (χ0v) is 14.3. The molecule has 6 nitrogen and oxygen atoms in total. The molecule has 1 aliphatic rings. The fourth-order valence-corrected chi connectivity index (χ4v) is 4.04. The molecule has 0 aliphatic carbocycles. The van der Waals surface area contributed by atoms with Crippen LogP contribution in [0.5, 0.6) is 0 Å². The molecule has 23 heavy (non-hydrogen) atoms. The van der Waals surface area contributed by atoms with Gasteiger partial charge in [-0.1, -0.05) is 6.92 Å². The number of nitrogens with one attached hydrogen (secondary N) is 1. The van der Waals surface area contributed by atoms with Crippen LogP contribution in [0, 0.1) is 0 Å². The van der Waals surface area contributed by atoms with Crippen molar-refractivity contribution in [3.05, 3.63) is 24.3 Å². The minimum Gasteiger partial charge on any atom is -0.377 e. The first kappa shape index (κ1) is 17.9. The molecule has 128 valence electrons. The fraction of sp³-hybridized carbons (Fsp3) is 0.562. The molecule has 2 atom stereocenters. The number of ether oxygens (including phenoxy) is 2. The van der Waals surface area contributed by atoms with Gasteiger partial charge in [-0.15, -0.1) is 0 Å². The lowest BCUT2D eigenvalue weighted by Gasteiger charge is -2.14. The summed E-state index contributed by atoms with van der Waals surface area (Å²) in [6.45, 7) is 2.48. The van der Waals surface area contributed by atoms with E-state index in [0.717, 1.165) is 12.8 Å². The highest BCUT2D eigenvalue weighted by Gasteiger charge is 2.25. The Morgan fingerprint density at radius 2 is 2.09 bits per heavy atom. The van der Waals surface area contributed by atoms with E-state index in [1.807, 2.05) is 6.92 Å². The minimum atomic E-state index is -3.38. The van der Waals surface area contributed by atoms with Crippen LogP contribution < -0.4 is 5.32 Å². The molecule has 1 saturated heterocycles. The van der Waals surface area contributed by atoms with E-state index < -0.39 is 15.9 Å². The summed E-state index contributed by atoms with van der Waals surface area (Å²) in [4.78, 5) is 12.2. The maximum absolute atomic E-state index is 12.3. The van der Waals surface area contributed by atoms with Crippen LogP contribution in [-0.4, -0.2) is 46.0 Å². The Labute approximate surface area is 137 Å². The predicted octanol–water partition coefficient (Wildman–Crippen LogP) is 2.00. The van der Waals surface area contributed by atoms with Crippen molar-refractivity contribution in [3.8, 4) is 0 Å². The summed E-state index contributed by atoms with van der Waals surface area (Å²) < 4.78 is 35.1. The van der Waals surface area contributed by atoms with Crippen molar-refractivity contribution in [1.29, 1.82) is 0 Å². The topological polar surface area (TPSA) is 81.7 Å². The predicted molar refractivity (Wildman–Crippen MR) is 87.2 cm³/mol. The molecule has 1 aromatic rings. The first-order chi connectivity index (χ1) is 11.0. The molecule has 1 heterocycles. The van der Waals surface area contributed by atoms with Gasteiger partial charge in [0, 0.05) is 19.4 Å². The van der Waals surface area contributed by atoms with Crippen molar-refractivity contribution in [2.45, 2.75) is 43.3 Å². The number of hydrogen-bond acceptors (Lipinski definition) is 5. The second-order valence-electron chi connectivity index (χ2n) is 5.56. The molecule has 1 aromatic carbocycles. The number of amides is 1. The summed E-state index contributed by atoms with van der Waals surface area (Å²) in [5.74, 6) is -0.245. The van der Waals surface area contributed by atoms with Crippen LogP contribution in [0.3, 0.4) is 0 Å². The molecule has 1 fully saturated rings. The van der Waals surface area contributed by atoms with Gasteiger partial charge in [0.1, 0.15) is 6.10 Å². The molecular formula is C16H23NO5S. The Hall–Kier alpha value is -1.44. The third kappa shape index (κ3) is 4.76. The zero-order valence-electron chi connectivity index (χ0n) is 13.4. The molecule has 1 N–H and O–H groups in total. The second-order valence-corrected chi connectivity index (χ2v) is 7.60. The molecule has 2 rings (SSSR count). The molecule has 1 amide bonds. The molecule has 7 heteroatoms. The Morgan fingerprint density at radius 3 is 2.61 bits per heavy atom. The van der Waals surface area contributed by atoms with Gasteiger partial charge >= 0.3 is 0 Å². The summed E-state index contributed by atoms with van der Waals surface area (Å²) in [6, 6.07) is 6.19. The Balaban J connectivity index is 2.02. The summed E-state index contributed by atoms with van der Waals surface area (Å²) in [5.41, 5.74) is 0.543. The van der Waals surface area contributed by atoms with Gasteiger partial charge in [-0.2, -0.15) is 0 Å². The van der Waals surface area contributed by atoms with Crippen LogP contribution in [-0.2, 0) is 24.1 Å². The van der Waals surface area contributed by atoms with Gasteiger partial charge in [0.05, 0.1) is 16.8 Å². The van der Waals surface area contributed by atoms with Gasteiger partial charge in [0.15, 0.2) is 9.84 Å². The lowest BCUT2D eigenvalue weighted by molar-refractivity contribution is -0.125. The van der Waals surface area contributed by atoms with E-state index >= 15 is 0 Å². The molecule has 0 bridgehead atoms. The average molecular weight is 341 g/mol. The number of methoxy groups -OCH3 is 1. The van der Waals surface area contributed by atoms with Crippen LogP contribution in [0.1, 0.15) is 26.2 Å². The highest BCUT2D eigenvalue weighted by molar-refractivity contribution is 7.91. The normalized spacial score (nSPS) is 19.5. The first-order valence-corrected chi connectivity index (χ1v) is 9.39. The maximum Gasteiger partial charge on any atom is 0.253 e. The van der Waals surface area contributed by atoms with Gasteiger partial charge in [0.2, 0.25) is 0 Å². The van der Waals surface area contributed by atoms with E-state index in [9.17, 15) is 13.2 Å². The summed E-state index contributed by atoms with van der Waals surface area (Å²) >= 11 is 0. The molecule has 0 saturated carbocycles. The molecule has 0 spiro atoms. The number of carbonyl (C=O) groups excluding carboxylic acids is 1. The minimum absolute atomic E-state index is 0.000287. The van der Waals surface area contributed by atoms with Gasteiger partial charge < -0.3 is 14.8 Å². The number of benzene rings is 1. The van der Waals surface area contributed by atoms with Crippen molar-refractivity contribution >= 4 is 21.4 Å². The third-order valence-electron chi connectivity index (χ3n) is 3.86. The van der Waals surface area contributed by atoms with Crippen LogP contribution in [0.2, 0.25) is 0 Å². The lowest BCUT2D eigenvalue weighted by Crippen LogP contribution is -2.28. The van der Waals surface area contributed by atoms with Crippen LogP contribution in [0.15, 0.2) is 29.2 Å². The molecule has 0 radical (unpaired) electrons. The second kappa shape index (κ2) is 7.90. The van der Waals surface area contributed by atoms with E-state index in [0.29, 0.717) is 18.7 Å². The molecular weight excluding hydrogens is 318 g/mol. The molecule has 0 unspecified atom stereocenters. The van der Waals surface area contributed by atoms with Gasteiger partial charge in [-0.25, -0.2) is 8.42 Å². The Kier molecular flexibility index (Phi) is 6.15. The molecule has 0 aromatic heterocycles. The quantitative estimate of drug-likeness (QED) is 0.820. The van der Waals surface area contributed by atoms with E-state index in [2.05, 4.69) is 5.32 Å². The maximum atomic E-state index is 12.3. The number of carbonyl (C=O) groups is 1. The smallest absolute Gasteiger partial charge is 0.253 e. The third-order valence-corrected chi connectivity index (χ3v) is 5.66. The van der Waals surface area contributed by atoms with Gasteiger partial charge in [-0.05, 0) is 43.5 Å². The lowest BCUT2D eigenvalue weighted by atomic mass is 10.2. The van der Waals surface area contributed by atoms with Crippen molar-refractivity contribution < 1.29 is 22.7 Å². The monoisotopic (exact) mass is 341 g/mol. The van der Waals surface area contributed by atoms with Crippen molar-refractivity contribution in [2.75, 3.05) is 24.8 Å². The van der Waals surface area contributed by atoms with Crippen LogP contribution in [0.4, 0.5) is 5.69 Å². The zero-order chi connectivity index (χ0) is 16.9. The fourth-order valence-electron chi connectivity index (χ4n) is 2.54. The van der Waals surface area contributed by atoms with Crippen molar-refractivity contribution in [3.63, 3.8) is 0 Å². The highest BCUT2D eigenvalue weighted by Crippen LogP contribution is 2.20.